The van der Waals surface area contributed by atoms with Crippen LogP contribution in [0.2, 0.25) is 0 Å². The van der Waals surface area contributed by atoms with Gasteiger partial charge in [-0.05, 0) is 49.4 Å². The fraction of sp³-hybridized carbons (Fsp3) is 0.333. The summed E-state index contributed by atoms with van der Waals surface area (Å²) in [6, 6.07) is 5.80. The Balaban J connectivity index is 1.93. The first kappa shape index (κ1) is 19.5. The molecule has 3 N–H and O–H groups in total. The van der Waals surface area contributed by atoms with E-state index in [0.717, 1.165) is 40.4 Å². The monoisotopic (exact) mass is 407 g/mol. The van der Waals surface area contributed by atoms with Crippen molar-refractivity contribution in [3.63, 3.8) is 0 Å². The molecule has 0 saturated carbocycles. The van der Waals surface area contributed by atoms with Gasteiger partial charge in [-0.2, -0.15) is 0 Å². The van der Waals surface area contributed by atoms with E-state index in [4.69, 9.17) is 5.73 Å². The summed E-state index contributed by atoms with van der Waals surface area (Å²) in [7, 11) is -0.792. The maximum atomic E-state index is 12.7. The molecule has 0 spiro atoms. The Morgan fingerprint density at radius 1 is 1.19 bits per heavy atom. The number of nitrogens with two attached hydrogens (primary N) is 1. The summed E-state index contributed by atoms with van der Waals surface area (Å²) in [5, 5.41) is 3.17. The number of carbonyl (C=O) groups is 2. The number of amides is 2. The van der Waals surface area contributed by atoms with Crippen molar-refractivity contribution in [1.29, 1.82) is 0 Å². The number of sulfonamides is 1. The number of carbonyl (C=O) groups excluding carboxylic acids is 2. The first-order valence-corrected chi connectivity index (χ1v) is 10.8. The van der Waals surface area contributed by atoms with E-state index in [2.05, 4.69) is 5.32 Å². The van der Waals surface area contributed by atoms with Crippen LogP contribution in [0.3, 0.4) is 0 Å². The molecule has 0 unspecified atom stereocenters. The van der Waals surface area contributed by atoms with E-state index in [0.29, 0.717) is 10.6 Å². The van der Waals surface area contributed by atoms with Gasteiger partial charge in [0.1, 0.15) is 5.00 Å². The summed E-state index contributed by atoms with van der Waals surface area (Å²) < 4.78 is 25.6. The van der Waals surface area contributed by atoms with Crippen molar-refractivity contribution in [2.75, 3.05) is 19.4 Å². The number of nitrogens with zero attached hydrogens (tertiary/aromatic N) is 1. The first-order valence-electron chi connectivity index (χ1n) is 8.50. The van der Waals surface area contributed by atoms with Crippen molar-refractivity contribution >= 4 is 38.2 Å². The average molecular weight is 408 g/mol. The third-order valence-electron chi connectivity index (χ3n) is 4.52. The Labute approximate surface area is 162 Å². The molecule has 1 aliphatic rings. The highest BCUT2D eigenvalue weighted by molar-refractivity contribution is 7.89. The lowest BCUT2D eigenvalue weighted by Gasteiger charge is -2.12. The Morgan fingerprint density at radius 3 is 2.56 bits per heavy atom. The number of anilines is 1. The Morgan fingerprint density at radius 2 is 1.89 bits per heavy atom. The van der Waals surface area contributed by atoms with Crippen LogP contribution in [0.15, 0.2) is 29.2 Å². The summed E-state index contributed by atoms with van der Waals surface area (Å²) >= 11 is 1.37. The third-order valence-corrected chi connectivity index (χ3v) is 7.54. The quantitative estimate of drug-likeness (QED) is 0.792. The Bertz CT molecular complexity index is 1010. The number of aryl methyl sites for hydroxylation is 1. The summed E-state index contributed by atoms with van der Waals surface area (Å²) in [5.41, 5.74) is 7.04. The van der Waals surface area contributed by atoms with Crippen molar-refractivity contribution < 1.29 is 18.0 Å². The van der Waals surface area contributed by atoms with Crippen LogP contribution in [-0.4, -0.2) is 38.6 Å². The van der Waals surface area contributed by atoms with Crippen molar-refractivity contribution in [3.8, 4) is 0 Å². The van der Waals surface area contributed by atoms with Crippen LogP contribution in [0, 0.1) is 0 Å². The van der Waals surface area contributed by atoms with Gasteiger partial charge >= 0.3 is 0 Å². The zero-order valence-electron chi connectivity index (χ0n) is 15.1. The molecule has 1 heterocycles. The van der Waals surface area contributed by atoms with Gasteiger partial charge in [-0.1, -0.05) is 6.07 Å². The Kier molecular flexibility index (Phi) is 5.36. The fourth-order valence-electron chi connectivity index (χ4n) is 3.10. The second-order valence-electron chi connectivity index (χ2n) is 6.55. The van der Waals surface area contributed by atoms with Crippen LogP contribution in [0.1, 0.15) is 44.0 Å². The lowest BCUT2D eigenvalue weighted by atomic mass is 9.95. The summed E-state index contributed by atoms with van der Waals surface area (Å²) in [6.07, 6.45) is 3.68. The number of rotatable bonds is 5. The first-order chi connectivity index (χ1) is 12.7. The zero-order valence-corrected chi connectivity index (χ0v) is 16.7. The number of hydrogen-bond donors (Lipinski definition) is 2. The predicted octanol–water partition coefficient (Wildman–Crippen LogP) is 2.23. The molecule has 27 heavy (non-hydrogen) atoms. The molecule has 7 nitrogen and oxygen atoms in total. The van der Waals surface area contributed by atoms with E-state index in [1.807, 2.05) is 0 Å². The number of fused-ring (bicyclic) bond motifs is 1. The van der Waals surface area contributed by atoms with Crippen LogP contribution in [0.5, 0.6) is 0 Å². The van der Waals surface area contributed by atoms with E-state index < -0.39 is 21.8 Å². The van der Waals surface area contributed by atoms with Gasteiger partial charge in [0.25, 0.3) is 11.8 Å². The molecule has 9 heteroatoms. The lowest BCUT2D eigenvalue weighted by Crippen LogP contribution is -2.23. The second kappa shape index (κ2) is 7.41. The van der Waals surface area contributed by atoms with Gasteiger partial charge in [0.15, 0.2) is 0 Å². The van der Waals surface area contributed by atoms with Crippen molar-refractivity contribution in [3.05, 3.63) is 45.8 Å². The van der Waals surface area contributed by atoms with E-state index in [1.165, 1.54) is 49.7 Å². The van der Waals surface area contributed by atoms with Gasteiger partial charge in [-0.15, -0.1) is 11.3 Å². The number of hydrogen-bond acceptors (Lipinski definition) is 5. The number of primary amides is 1. The highest BCUT2D eigenvalue weighted by atomic mass is 32.2. The van der Waals surface area contributed by atoms with E-state index in [-0.39, 0.29) is 10.5 Å². The molecule has 1 aliphatic carbocycles. The lowest BCUT2D eigenvalue weighted by molar-refractivity contribution is 0.100. The smallest absolute Gasteiger partial charge is 0.256 e. The average Bonchev–Trinajstić information content (AvgIpc) is 2.99. The maximum absolute atomic E-state index is 12.7. The molecule has 1 aromatic heterocycles. The van der Waals surface area contributed by atoms with Gasteiger partial charge in [-0.25, -0.2) is 12.7 Å². The number of thiophene rings is 1. The van der Waals surface area contributed by atoms with Crippen molar-refractivity contribution in [2.45, 2.75) is 30.6 Å². The topological polar surface area (TPSA) is 110 Å². The van der Waals surface area contributed by atoms with Gasteiger partial charge in [0, 0.05) is 24.5 Å². The fourth-order valence-corrected chi connectivity index (χ4v) is 5.34. The van der Waals surface area contributed by atoms with E-state index in [9.17, 15) is 18.0 Å². The molecular formula is C18H21N3O4S2. The molecule has 0 aliphatic heterocycles. The van der Waals surface area contributed by atoms with Crippen LogP contribution < -0.4 is 11.1 Å². The molecule has 0 radical (unpaired) electrons. The SMILES string of the molecule is CN(C)S(=O)(=O)c1cccc(C(=O)Nc2sc3c(c2C(N)=O)CCCC3)c1. The highest BCUT2D eigenvalue weighted by Crippen LogP contribution is 2.38. The largest absolute Gasteiger partial charge is 0.365 e. The minimum absolute atomic E-state index is 0.0285. The second-order valence-corrected chi connectivity index (χ2v) is 9.81. The van der Waals surface area contributed by atoms with Gasteiger partial charge in [0.2, 0.25) is 10.0 Å². The Hall–Kier alpha value is -2.23. The predicted molar refractivity (Wildman–Crippen MR) is 105 cm³/mol. The van der Waals surface area contributed by atoms with Crippen molar-refractivity contribution in [1.82, 2.24) is 4.31 Å². The third kappa shape index (κ3) is 3.76. The highest BCUT2D eigenvalue weighted by Gasteiger charge is 2.25. The molecule has 3 rings (SSSR count). The van der Waals surface area contributed by atoms with Crippen molar-refractivity contribution in [2.24, 2.45) is 5.73 Å². The van der Waals surface area contributed by atoms with Gasteiger partial charge in [-0.3, -0.25) is 9.59 Å². The number of benzene rings is 1. The van der Waals surface area contributed by atoms with Crippen LogP contribution in [0.4, 0.5) is 5.00 Å². The molecule has 0 atom stereocenters. The van der Waals surface area contributed by atoms with Crippen LogP contribution in [0.25, 0.3) is 0 Å². The molecule has 1 aromatic carbocycles. The summed E-state index contributed by atoms with van der Waals surface area (Å²) in [4.78, 5) is 25.7. The molecular weight excluding hydrogens is 386 g/mol. The standard InChI is InChI=1S/C18H21N3O4S2/c1-21(2)27(24,25)12-7-5-6-11(10-12)17(23)20-18-15(16(19)22)13-8-3-4-9-14(13)26-18/h5-7,10H,3-4,8-9H2,1-2H3,(H2,19,22)(H,20,23). The maximum Gasteiger partial charge on any atom is 0.256 e. The van der Waals surface area contributed by atoms with Gasteiger partial charge < -0.3 is 11.1 Å². The van der Waals surface area contributed by atoms with Crippen LogP contribution >= 0.6 is 11.3 Å². The normalized spacial score (nSPS) is 14.0. The van der Waals surface area contributed by atoms with Gasteiger partial charge in [0.05, 0.1) is 10.5 Å². The van der Waals surface area contributed by atoms with Crippen LogP contribution in [-0.2, 0) is 22.9 Å². The zero-order chi connectivity index (χ0) is 19.8. The van der Waals surface area contributed by atoms with E-state index in [1.54, 1.807) is 0 Å². The molecule has 2 amide bonds. The molecule has 0 saturated heterocycles. The minimum atomic E-state index is -3.65. The summed E-state index contributed by atoms with van der Waals surface area (Å²) in [6.45, 7) is 0. The molecule has 2 aromatic rings. The summed E-state index contributed by atoms with van der Waals surface area (Å²) in [5.74, 6) is -1.04. The molecule has 0 fully saturated rings. The molecule has 0 bridgehead atoms. The van der Waals surface area contributed by atoms with E-state index >= 15 is 0 Å². The minimum Gasteiger partial charge on any atom is -0.365 e. The molecule has 144 valence electrons. The number of nitrogens with one attached hydrogen (secondary N) is 1.